The highest BCUT2D eigenvalue weighted by Crippen LogP contribution is 2.22. The summed E-state index contributed by atoms with van der Waals surface area (Å²) in [6.45, 7) is 5.64. The van der Waals surface area contributed by atoms with Crippen LogP contribution in [0.5, 0.6) is 5.75 Å². The van der Waals surface area contributed by atoms with Crippen molar-refractivity contribution in [2.75, 3.05) is 26.7 Å². The molecule has 1 N–H and O–H groups in total. The number of amides is 2. The lowest BCUT2D eigenvalue weighted by Crippen LogP contribution is -2.34. The minimum atomic E-state index is -0.179. The molecule has 2 rings (SSSR count). The molecule has 1 aromatic rings. The summed E-state index contributed by atoms with van der Waals surface area (Å²) in [5, 5.41) is 10.0. The smallest absolute Gasteiger partial charge is 0.257 e. The number of nitrogens with zero attached hydrogens (tertiary/aromatic N) is 2. The van der Waals surface area contributed by atoms with Crippen molar-refractivity contribution in [3.05, 3.63) is 29.3 Å². The van der Waals surface area contributed by atoms with E-state index in [1.165, 1.54) is 0 Å². The highest BCUT2D eigenvalue weighted by atomic mass is 16.3. The lowest BCUT2D eigenvalue weighted by atomic mass is 10.1. The van der Waals surface area contributed by atoms with Crippen LogP contribution < -0.4 is 0 Å². The minimum Gasteiger partial charge on any atom is -0.507 e. The van der Waals surface area contributed by atoms with Gasteiger partial charge in [-0.3, -0.25) is 9.59 Å². The summed E-state index contributed by atoms with van der Waals surface area (Å²) in [7, 11) is 1.74. The molecule has 1 aliphatic heterocycles. The van der Waals surface area contributed by atoms with Crippen molar-refractivity contribution >= 4 is 11.8 Å². The van der Waals surface area contributed by atoms with E-state index >= 15 is 0 Å². The van der Waals surface area contributed by atoms with Gasteiger partial charge in [0.2, 0.25) is 5.91 Å². The highest BCUT2D eigenvalue weighted by molar-refractivity contribution is 5.96. The van der Waals surface area contributed by atoms with Crippen LogP contribution in [0.2, 0.25) is 0 Å². The summed E-state index contributed by atoms with van der Waals surface area (Å²) in [5.74, 6) is 0.244. The van der Waals surface area contributed by atoms with Gasteiger partial charge in [-0.25, -0.2) is 0 Å². The molecule has 120 valence electrons. The number of carbonyl (C=O) groups is 2. The van der Waals surface area contributed by atoms with Crippen LogP contribution in [0.1, 0.15) is 36.2 Å². The Morgan fingerprint density at radius 2 is 2.14 bits per heavy atom. The predicted molar refractivity (Wildman–Crippen MR) is 84.8 cm³/mol. The van der Waals surface area contributed by atoms with Gasteiger partial charge in [-0.15, -0.1) is 0 Å². The third-order valence-electron chi connectivity index (χ3n) is 4.31. The number of likely N-dealkylation sites (tertiary alicyclic amines) is 1. The van der Waals surface area contributed by atoms with Gasteiger partial charge < -0.3 is 14.9 Å². The van der Waals surface area contributed by atoms with E-state index in [0.29, 0.717) is 24.6 Å². The molecule has 22 heavy (non-hydrogen) atoms. The number of aryl methyl sites for hydroxylation is 1. The molecule has 0 unspecified atom stereocenters. The fourth-order valence-electron chi connectivity index (χ4n) is 2.92. The van der Waals surface area contributed by atoms with Crippen LogP contribution in [-0.4, -0.2) is 53.4 Å². The van der Waals surface area contributed by atoms with Crippen LogP contribution in [0.25, 0.3) is 0 Å². The summed E-state index contributed by atoms with van der Waals surface area (Å²) in [6, 6.07) is 5.20. The third-order valence-corrected chi connectivity index (χ3v) is 4.31. The van der Waals surface area contributed by atoms with Crippen LogP contribution in [0, 0.1) is 5.92 Å². The summed E-state index contributed by atoms with van der Waals surface area (Å²) >= 11 is 0. The molecule has 0 radical (unpaired) electrons. The zero-order chi connectivity index (χ0) is 16.3. The molecule has 1 fully saturated rings. The van der Waals surface area contributed by atoms with Crippen LogP contribution in [0.4, 0.5) is 0 Å². The number of benzene rings is 1. The number of phenolic OH excluding ortho intramolecular Hbond substituents is 1. The van der Waals surface area contributed by atoms with Crippen molar-refractivity contribution in [1.82, 2.24) is 9.80 Å². The molecule has 0 aromatic heterocycles. The maximum atomic E-state index is 12.5. The molecule has 1 saturated heterocycles. The fourth-order valence-corrected chi connectivity index (χ4v) is 2.92. The van der Waals surface area contributed by atoms with Gasteiger partial charge in [-0.1, -0.05) is 13.0 Å². The molecular weight excluding hydrogens is 280 g/mol. The number of rotatable bonds is 4. The van der Waals surface area contributed by atoms with Crippen molar-refractivity contribution in [2.45, 2.75) is 26.7 Å². The Morgan fingerprint density at radius 3 is 2.68 bits per heavy atom. The second-order valence-corrected chi connectivity index (χ2v) is 6.01. The largest absolute Gasteiger partial charge is 0.507 e. The van der Waals surface area contributed by atoms with Gasteiger partial charge in [-0.2, -0.15) is 0 Å². The second-order valence-electron chi connectivity index (χ2n) is 6.01. The number of hydrogen-bond donors (Lipinski definition) is 1. The number of aromatic hydroxyl groups is 1. The average Bonchev–Trinajstić information content (AvgIpc) is 2.95. The Balaban J connectivity index is 1.99. The second kappa shape index (κ2) is 6.81. The molecule has 1 atom stereocenters. The lowest BCUT2D eigenvalue weighted by Gasteiger charge is -2.22. The van der Waals surface area contributed by atoms with Gasteiger partial charge in [0, 0.05) is 33.6 Å². The van der Waals surface area contributed by atoms with Gasteiger partial charge in [-0.05, 0) is 36.5 Å². The number of phenols is 1. The molecule has 0 saturated carbocycles. The quantitative estimate of drug-likeness (QED) is 0.924. The summed E-state index contributed by atoms with van der Waals surface area (Å²) < 4.78 is 0. The first-order valence-electron chi connectivity index (χ1n) is 7.75. The molecule has 2 amide bonds. The predicted octanol–water partition coefficient (Wildman–Crippen LogP) is 1.89. The third kappa shape index (κ3) is 3.59. The first-order valence-corrected chi connectivity index (χ1v) is 7.75. The standard InChI is InChI=1S/C17H24N2O3/c1-4-13-5-6-15(16(21)9-13)17(22)18(3)10-14-7-8-19(11-14)12(2)20/h5-6,9,14,21H,4,7-8,10-11H2,1-3H3/t14-/m0/s1. The van der Waals surface area contributed by atoms with E-state index in [4.69, 9.17) is 0 Å². The van der Waals surface area contributed by atoms with Crippen molar-refractivity contribution in [3.63, 3.8) is 0 Å². The minimum absolute atomic E-state index is 0.0352. The van der Waals surface area contributed by atoms with Gasteiger partial charge in [0.1, 0.15) is 5.75 Å². The van der Waals surface area contributed by atoms with E-state index in [1.807, 2.05) is 17.9 Å². The zero-order valence-electron chi connectivity index (χ0n) is 13.5. The van der Waals surface area contributed by atoms with Crippen LogP contribution >= 0.6 is 0 Å². The first-order chi connectivity index (χ1) is 10.4. The summed E-state index contributed by atoms with van der Waals surface area (Å²) in [5.41, 5.74) is 1.34. The number of carbonyl (C=O) groups excluding carboxylic acids is 2. The van der Waals surface area contributed by atoms with Gasteiger partial charge in [0.05, 0.1) is 5.56 Å². The van der Waals surface area contributed by atoms with E-state index in [2.05, 4.69) is 0 Å². The fraction of sp³-hybridized carbons (Fsp3) is 0.529. The van der Waals surface area contributed by atoms with Crippen LogP contribution in [0.3, 0.4) is 0 Å². The molecule has 5 nitrogen and oxygen atoms in total. The summed E-state index contributed by atoms with van der Waals surface area (Å²) in [6.07, 6.45) is 1.73. The van der Waals surface area contributed by atoms with Crippen molar-refractivity contribution in [3.8, 4) is 5.75 Å². The molecule has 1 aliphatic rings. The van der Waals surface area contributed by atoms with E-state index in [-0.39, 0.29) is 17.6 Å². The molecule has 0 spiro atoms. The van der Waals surface area contributed by atoms with Gasteiger partial charge in [0.15, 0.2) is 0 Å². The summed E-state index contributed by atoms with van der Waals surface area (Å²) in [4.78, 5) is 27.3. The van der Waals surface area contributed by atoms with Crippen molar-refractivity contribution in [2.24, 2.45) is 5.92 Å². The zero-order valence-corrected chi connectivity index (χ0v) is 13.5. The molecule has 0 aliphatic carbocycles. The van der Waals surface area contributed by atoms with E-state index in [9.17, 15) is 14.7 Å². The maximum absolute atomic E-state index is 12.5. The molecule has 5 heteroatoms. The number of hydrogen-bond acceptors (Lipinski definition) is 3. The lowest BCUT2D eigenvalue weighted by molar-refractivity contribution is -0.127. The molecule has 0 bridgehead atoms. The van der Waals surface area contributed by atoms with E-state index in [1.54, 1.807) is 31.0 Å². The van der Waals surface area contributed by atoms with Crippen LogP contribution in [-0.2, 0) is 11.2 Å². The normalized spacial score (nSPS) is 17.6. The van der Waals surface area contributed by atoms with Gasteiger partial charge >= 0.3 is 0 Å². The van der Waals surface area contributed by atoms with Crippen molar-refractivity contribution < 1.29 is 14.7 Å². The van der Waals surface area contributed by atoms with Crippen molar-refractivity contribution in [1.29, 1.82) is 0 Å². The highest BCUT2D eigenvalue weighted by Gasteiger charge is 2.27. The Labute approximate surface area is 131 Å². The SMILES string of the molecule is CCc1ccc(C(=O)N(C)C[C@@H]2CCN(C(C)=O)C2)c(O)c1. The van der Waals surface area contributed by atoms with E-state index < -0.39 is 0 Å². The first kappa shape index (κ1) is 16.3. The Bertz CT molecular complexity index is 571. The topological polar surface area (TPSA) is 60.9 Å². The molecule has 1 aromatic carbocycles. The Hall–Kier alpha value is -2.04. The van der Waals surface area contributed by atoms with Gasteiger partial charge in [0.25, 0.3) is 5.91 Å². The molecule has 1 heterocycles. The molecular formula is C17H24N2O3. The Kier molecular flexibility index (Phi) is 5.06. The Morgan fingerprint density at radius 1 is 1.41 bits per heavy atom. The monoisotopic (exact) mass is 304 g/mol. The van der Waals surface area contributed by atoms with Crippen LogP contribution in [0.15, 0.2) is 18.2 Å². The maximum Gasteiger partial charge on any atom is 0.257 e. The van der Waals surface area contributed by atoms with E-state index in [0.717, 1.165) is 24.9 Å². The average molecular weight is 304 g/mol.